The van der Waals surface area contributed by atoms with E-state index in [1.807, 2.05) is 36.4 Å². The Balaban J connectivity index is 2.21. The molecule has 0 amide bonds. The minimum Gasteiger partial charge on any atom is -0.461 e. The molecule has 0 aliphatic heterocycles. The molecule has 3 aromatic rings. The number of para-hydroxylation sites is 1. The zero-order valence-corrected chi connectivity index (χ0v) is 8.96. The lowest BCUT2D eigenvalue weighted by Crippen LogP contribution is -1.86. The van der Waals surface area contributed by atoms with Crippen molar-refractivity contribution < 1.29 is 9.21 Å². The maximum absolute atomic E-state index is 10.8. The summed E-state index contributed by atoms with van der Waals surface area (Å²) in [5.74, 6) is 0.313. The van der Waals surface area contributed by atoms with Crippen molar-refractivity contribution in [1.29, 1.82) is 0 Å². The second kappa shape index (κ2) is 3.87. The van der Waals surface area contributed by atoms with E-state index >= 15 is 0 Å². The van der Waals surface area contributed by atoms with Gasteiger partial charge in [0.2, 0.25) is 0 Å². The normalized spacial score (nSPS) is 10.6. The van der Waals surface area contributed by atoms with Crippen LogP contribution in [0.4, 0.5) is 0 Å². The summed E-state index contributed by atoms with van der Waals surface area (Å²) in [4.78, 5) is 15.3. The van der Waals surface area contributed by atoms with E-state index in [1.54, 1.807) is 6.07 Å². The van der Waals surface area contributed by atoms with Crippen molar-refractivity contribution >= 4 is 17.2 Å². The van der Waals surface area contributed by atoms with Gasteiger partial charge in [0.25, 0.3) is 0 Å². The molecule has 0 aliphatic carbocycles. The summed E-state index contributed by atoms with van der Waals surface area (Å²) in [5, 5.41) is 1.08. The van der Waals surface area contributed by atoms with Crippen LogP contribution in [0, 0.1) is 0 Å². The van der Waals surface area contributed by atoms with Crippen LogP contribution < -0.4 is 0 Å². The largest absolute Gasteiger partial charge is 0.461 e. The quantitative estimate of drug-likeness (QED) is 0.626. The molecule has 0 aliphatic rings. The number of carbonyl (C=O) groups is 1. The van der Waals surface area contributed by atoms with Crippen molar-refractivity contribution in [2.45, 2.75) is 0 Å². The van der Waals surface area contributed by atoms with E-state index in [4.69, 9.17) is 4.42 Å². The predicted octanol–water partition coefficient (Wildman–Crippen LogP) is 3.31. The minimum absolute atomic E-state index is 0.313. The third kappa shape index (κ3) is 1.61. The average Bonchev–Trinajstić information content (AvgIpc) is 2.86. The molecule has 0 saturated heterocycles. The van der Waals surface area contributed by atoms with Gasteiger partial charge < -0.3 is 4.42 Å². The van der Waals surface area contributed by atoms with Crippen LogP contribution in [0.1, 0.15) is 10.6 Å². The van der Waals surface area contributed by atoms with Crippen LogP contribution in [0.5, 0.6) is 0 Å². The number of benzene rings is 1. The molecule has 3 rings (SSSR count). The highest BCUT2D eigenvalue weighted by Gasteiger charge is 2.09. The first kappa shape index (κ1) is 9.78. The molecular formula is C14H9NO2. The number of aromatic nitrogens is 1. The maximum Gasteiger partial charge on any atom is 0.186 e. The molecule has 1 aromatic carbocycles. The predicted molar refractivity (Wildman–Crippen MR) is 64.8 cm³/mol. The standard InChI is InChI=1S/C14H9NO2/c16-9-14-11(7-8-17-14)13-6-5-10-3-1-2-4-12(10)15-13/h1-9H. The summed E-state index contributed by atoms with van der Waals surface area (Å²) in [5.41, 5.74) is 2.38. The SMILES string of the molecule is O=Cc1occc1-c1ccc2ccccc2n1. The molecule has 0 spiro atoms. The van der Waals surface area contributed by atoms with Gasteiger partial charge in [0.1, 0.15) is 0 Å². The van der Waals surface area contributed by atoms with Gasteiger partial charge in [0.05, 0.1) is 17.5 Å². The molecule has 17 heavy (non-hydrogen) atoms. The van der Waals surface area contributed by atoms with Gasteiger partial charge in [-0.1, -0.05) is 24.3 Å². The van der Waals surface area contributed by atoms with Crippen molar-refractivity contribution in [2.75, 3.05) is 0 Å². The zero-order chi connectivity index (χ0) is 11.7. The Kier molecular flexibility index (Phi) is 2.22. The van der Waals surface area contributed by atoms with Gasteiger partial charge in [0, 0.05) is 10.9 Å². The van der Waals surface area contributed by atoms with E-state index in [1.165, 1.54) is 6.26 Å². The third-order valence-corrected chi connectivity index (χ3v) is 2.68. The summed E-state index contributed by atoms with van der Waals surface area (Å²) in [6.45, 7) is 0. The Morgan fingerprint density at radius 3 is 2.82 bits per heavy atom. The number of carbonyl (C=O) groups excluding carboxylic acids is 1. The lowest BCUT2D eigenvalue weighted by molar-refractivity contribution is 0.110. The molecular weight excluding hydrogens is 214 g/mol. The lowest BCUT2D eigenvalue weighted by atomic mass is 10.1. The molecule has 3 heteroatoms. The molecule has 0 radical (unpaired) electrons. The Bertz CT molecular complexity index is 685. The van der Waals surface area contributed by atoms with Crippen molar-refractivity contribution in [3.8, 4) is 11.3 Å². The van der Waals surface area contributed by atoms with Crippen molar-refractivity contribution in [3.63, 3.8) is 0 Å². The van der Waals surface area contributed by atoms with E-state index in [2.05, 4.69) is 4.98 Å². The summed E-state index contributed by atoms with van der Waals surface area (Å²) >= 11 is 0. The molecule has 0 unspecified atom stereocenters. The second-order valence-electron chi connectivity index (χ2n) is 3.71. The molecule has 0 saturated carbocycles. The van der Waals surface area contributed by atoms with Crippen molar-refractivity contribution in [2.24, 2.45) is 0 Å². The topological polar surface area (TPSA) is 43.1 Å². The third-order valence-electron chi connectivity index (χ3n) is 2.68. The molecule has 2 heterocycles. The van der Waals surface area contributed by atoms with Gasteiger partial charge in [-0.2, -0.15) is 0 Å². The summed E-state index contributed by atoms with van der Waals surface area (Å²) in [6, 6.07) is 13.5. The van der Waals surface area contributed by atoms with Gasteiger partial charge in [0.15, 0.2) is 12.0 Å². The van der Waals surface area contributed by atoms with Crippen LogP contribution in [-0.4, -0.2) is 11.3 Å². The molecule has 3 nitrogen and oxygen atoms in total. The molecule has 2 aromatic heterocycles. The summed E-state index contributed by atoms with van der Waals surface area (Å²) < 4.78 is 5.07. The van der Waals surface area contributed by atoms with E-state index in [-0.39, 0.29) is 0 Å². The highest BCUT2D eigenvalue weighted by molar-refractivity contribution is 5.86. The fraction of sp³-hybridized carbons (Fsp3) is 0. The Morgan fingerprint density at radius 1 is 1.06 bits per heavy atom. The van der Waals surface area contributed by atoms with Crippen LogP contribution in [-0.2, 0) is 0 Å². The van der Waals surface area contributed by atoms with Gasteiger partial charge in [-0.25, -0.2) is 4.98 Å². The smallest absolute Gasteiger partial charge is 0.186 e. The molecule has 0 N–H and O–H groups in total. The first-order valence-electron chi connectivity index (χ1n) is 5.27. The number of fused-ring (bicyclic) bond motifs is 1. The average molecular weight is 223 g/mol. The van der Waals surface area contributed by atoms with Crippen LogP contribution in [0.3, 0.4) is 0 Å². The number of hydrogen-bond donors (Lipinski definition) is 0. The Hall–Kier alpha value is -2.42. The number of aldehydes is 1. The molecule has 0 atom stereocenters. The van der Waals surface area contributed by atoms with Crippen molar-refractivity contribution in [1.82, 2.24) is 4.98 Å². The first-order chi connectivity index (χ1) is 8.38. The number of furan rings is 1. The highest BCUT2D eigenvalue weighted by Crippen LogP contribution is 2.24. The zero-order valence-electron chi connectivity index (χ0n) is 8.96. The fourth-order valence-corrected chi connectivity index (χ4v) is 1.84. The van der Waals surface area contributed by atoms with Gasteiger partial charge >= 0.3 is 0 Å². The van der Waals surface area contributed by atoms with E-state index in [0.29, 0.717) is 12.0 Å². The monoisotopic (exact) mass is 223 g/mol. The minimum atomic E-state index is 0.313. The van der Waals surface area contributed by atoms with E-state index in [0.717, 1.165) is 22.2 Å². The molecule has 0 bridgehead atoms. The maximum atomic E-state index is 10.8. The number of pyridine rings is 1. The van der Waals surface area contributed by atoms with Gasteiger partial charge in [-0.05, 0) is 18.2 Å². The summed E-state index contributed by atoms with van der Waals surface area (Å²) in [6.07, 6.45) is 2.20. The first-order valence-corrected chi connectivity index (χ1v) is 5.27. The van der Waals surface area contributed by atoms with Crippen LogP contribution in [0.25, 0.3) is 22.2 Å². The number of nitrogens with zero attached hydrogens (tertiary/aromatic N) is 1. The number of rotatable bonds is 2. The summed E-state index contributed by atoms with van der Waals surface area (Å²) in [7, 11) is 0. The van der Waals surface area contributed by atoms with E-state index < -0.39 is 0 Å². The van der Waals surface area contributed by atoms with Crippen molar-refractivity contribution in [3.05, 3.63) is 54.5 Å². The highest BCUT2D eigenvalue weighted by atomic mass is 16.3. The Morgan fingerprint density at radius 2 is 1.94 bits per heavy atom. The second-order valence-corrected chi connectivity index (χ2v) is 3.71. The molecule has 82 valence electrons. The van der Waals surface area contributed by atoms with Crippen LogP contribution in [0.15, 0.2) is 53.1 Å². The fourth-order valence-electron chi connectivity index (χ4n) is 1.84. The Labute approximate surface area is 97.7 Å². The molecule has 0 fully saturated rings. The van der Waals surface area contributed by atoms with E-state index in [9.17, 15) is 4.79 Å². The van der Waals surface area contributed by atoms with Crippen LogP contribution in [0.2, 0.25) is 0 Å². The van der Waals surface area contributed by atoms with Gasteiger partial charge in [-0.3, -0.25) is 4.79 Å². The van der Waals surface area contributed by atoms with Crippen LogP contribution >= 0.6 is 0 Å². The lowest BCUT2D eigenvalue weighted by Gasteiger charge is -2.01. The number of hydrogen-bond acceptors (Lipinski definition) is 3. The van der Waals surface area contributed by atoms with Gasteiger partial charge in [-0.15, -0.1) is 0 Å².